The average Bonchev–Trinajstić information content (AvgIpc) is 3.01. The normalized spacial score (nSPS) is 17.2. The molecule has 0 spiro atoms. The second kappa shape index (κ2) is 6.67. The zero-order valence-electron chi connectivity index (χ0n) is 13.5. The first-order valence-electron chi connectivity index (χ1n) is 8.18. The first-order chi connectivity index (χ1) is 12.2. The van der Waals surface area contributed by atoms with E-state index in [0.717, 1.165) is 27.7 Å². The molecule has 122 valence electrons. The average molecular weight is 330 g/mol. The van der Waals surface area contributed by atoms with Crippen molar-refractivity contribution in [3.8, 4) is 0 Å². The van der Waals surface area contributed by atoms with Crippen LogP contribution in [0.1, 0.15) is 22.8 Å². The predicted molar refractivity (Wildman–Crippen MR) is 97.9 cm³/mol. The molecule has 1 unspecified atom stereocenters. The summed E-state index contributed by atoms with van der Waals surface area (Å²) >= 11 is 0. The summed E-state index contributed by atoms with van der Waals surface area (Å²) in [6.07, 6.45) is -0.451. The Morgan fingerprint density at radius 1 is 0.760 bits per heavy atom. The van der Waals surface area contributed by atoms with Crippen LogP contribution in [0.4, 0.5) is 4.39 Å². The van der Waals surface area contributed by atoms with Gasteiger partial charge in [-0.3, -0.25) is 0 Å². The Morgan fingerprint density at radius 2 is 1.32 bits per heavy atom. The van der Waals surface area contributed by atoms with E-state index in [4.69, 9.17) is 4.65 Å². The number of benzene rings is 3. The first kappa shape index (κ1) is 15.8. The van der Waals surface area contributed by atoms with Gasteiger partial charge in [0.25, 0.3) is 0 Å². The Bertz CT molecular complexity index is 892. The van der Waals surface area contributed by atoms with Crippen molar-refractivity contribution in [2.24, 2.45) is 0 Å². The second-order valence-electron chi connectivity index (χ2n) is 5.98. The van der Waals surface area contributed by atoms with Gasteiger partial charge in [-0.25, -0.2) is 4.39 Å². The summed E-state index contributed by atoms with van der Waals surface area (Å²) in [6.45, 7) is 0. The largest absolute Gasteiger partial charge is 0.492 e. The van der Waals surface area contributed by atoms with Gasteiger partial charge in [-0.05, 0) is 39.9 Å². The molecule has 0 aliphatic carbocycles. The van der Waals surface area contributed by atoms with E-state index in [2.05, 4.69) is 0 Å². The molecule has 0 radical (unpaired) electrons. The maximum Gasteiger partial charge on any atom is 0.492 e. The molecule has 3 aromatic carbocycles. The van der Waals surface area contributed by atoms with Gasteiger partial charge >= 0.3 is 7.12 Å². The van der Waals surface area contributed by atoms with Gasteiger partial charge in [0.2, 0.25) is 0 Å². The van der Waals surface area contributed by atoms with Gasteiger partial charge in [-0.1, -0.05) is 72.8 Å². The van der Waals surface area contributed by atoms with Gasteiger partial charge in [0.1, 0.15) is 5.82 Å². The topological polar surface area (TPSA) is 29.5 Å². The van der Waals surface area contributed by atoms with Crippen LogP contribution < -0.4 is 0 Å². The molecular formula is C21H16BFO2. The van der Waals surface area contributed by atoms with Crippen LogP contribution in [0.3, 0.4) is 0 Å². The molecule has 1 aliphatic heterocycles. The standard InChI is InChI=1S/C21H16BFO2/c23-18-13-11-17(12-14-18)21-19(15-7-3-1-4-8-15)20(22(24)25-21)16-9-5-2-6-10-16/h1-14,21,24H. The van der Waals surface area contributed by atoms with E-state index in [9.17, 15) is 9.41 Å². The SMILES string of the molecule is OB1OC(c2ccc(F)cc2)C(c2ccccc2)=C1c1ccccc1. The highest BCUT2D eigenvalue weighted by molar-refractivity contribution is 6.71. The molecule has 0 saturated carbocycles. The number of halogens is 1. The fourth-order valence-electron chi connectivity index (χ4n) is 3.26. The van der Waals surface area contributed by atoms with Crippen LogP contribution in [0.15, 0.2) is 84.9 Å². The molecule has 0 bridgehead atoms. The molecule has 1 aliphatic rings. The third-order valence-corrected chi connectivity index (χ3v) is 4.41. The summed E-state index contributed by atoms with van der Waals surface area (Å²) in [4.78, 5) is 0. The van der Waals surface area contributed by atoms with Crippen molar-refractivity contribution in [2.45, 2.75) is 6.10 Å². The van der Waals surface area contributed by atoms with E-state index in [-0.39, 0.29) is 5.82 Å². The molecule has 25 heavy (non-hydrogen) atoms. The lowest BCUT2D eigenvalue weighted by atomic mass is 9.72. The van der Waals surface area contributed by atoms with Gasteiger partial charge in [-0.2, -0.15) is 0 Å². The highest BCUT2D eigenvalue weighted by Gasteiger charge is 2.39. The lowest BCUT2D eigenvalue weighted by Crippen LogP contribution is -2.15. The van der Waals surface area contributed by atoms with E-state index in [0.29, 0.717) is 0 Å². The second-order valence-corrected chi connectivity index (χ2v) is 5.98. The highest BCUT2D eigenvalue weighted by atomic mass is 19.1. The van der Waals surface area contributed by atoms with Crippen molar-refractivity contribution in [2.75, 3.05) is 0 Å². The van der Waals surface area contributed by atoms with E-state index in [1.807, 2.05) is 60.7 Å². The Morgan fingerprint density at radius 3 is 1.92 bits per heavy atom. The molecule has 3 aromatic rings. The highest BCUT2D eigenvalue weighted by Crippen LogP contribution is 2.45. The lowest BCUT2D eigenvalue weighted by Gasteiger charge is -2.17. The summed E-state index contributed by atoms with van der Waals surface area (Å²) in [5.74, 6) is -0.296. The zero-order valence-corrected chi connectivity index (χ0v) is 13.5. The van der Waals surface area contributed by atoms with Gasteiger partial charge in [0, 0.05) is 0 Å². The zero-order chi connectivity index (χ0) is 17.2. The molecule has 1 N–H and O–H groups in total. The van der Waals surface area contributed by atoms with E-state index in [1.54, 1.807) is 12.1 Å². The molecule has 4 rings (SSSR count). The van der Waals surface area contributed by atoms with Crippen molar-refractivity contribution in [3.63, 3.8) is 0 Å². The van der Waals surface area contributed by atoms with Crippen LogP contribution in [-0.4, -0.2) is 12.1 Å². The van der Waals surface area contributed by atoms with Crippen LogP contribution in [0.2, 0.25) is 0 Å². The van der Waals surface area contributed by atoms with Crippen molar-refractivity contribution in [1.82, 2.24) is 0 Å². The molecule has 1 atom stereocenters. The number of hydrogen-bond donors (Lipinski definition) is 1. The molecule has 1 heterocycles. The monoisotopic (exact) mass is 330 g/mol. The minimum Gasteiger partial charge on any atom is -0.423 e. The molecule has 4 heteroatoms. The lowest BCUT2D eigenvalue weighted by molar-refractivity contribution is 0.236. The Kier molecular flexibility index (Phi) is 4.22. The Balaban J connectivity index is 1.91. The third kappa shape index (κ3) is 3.02. The maximum absolute atomic E-state index is 13.3. The molecular weight excluding hydrogens is 314 g/mol. The molecule has 0 aromatic heterocycles. The summed E-state index contributed by atoms with van der Waals surface area (Å²) < 4.78 is 19.2. The van der Waals surface area contributed by atoms with Crippen molar-refractivity contribution in [1.29, 1.82) is 0 Å². The minimum absolute atomic E-state index is 0.296. The number of hydrogen-bond acceptors (Lipinski definition) is 2. The molecule has 0 fully saturated rings. The molecule has 0 amide bonds. The summed E-state index contributed by atoms with van der Waals surface area (Å²) in [6, 6.07) is 25.8. The third-order valence-electron chi connectivity index (χ3n) is 4.41. The summed E-state index contributed by atoms with van der Waals surface area (Å²) in [5.41, 5.74) is 4.36. The summed E-state index contributed by atoms with van der Waals surface area (Å²) in [5, 5.41) is 10.6. The van der Waals surface area contributed by atoms with E-state index < -0.39 is 13.2 Å². The van der Waals surface area contributed by atoms with Gasteiger partial charge in [0.15, 0.2) is 0 Å². The number of rotatable bonds is 3. The maximum atomic E-state index is 13.3. The quantitative estimate of drug-likeness (QED) is 0.715. The fraction of sp³-hybridized carbons (Fsp3) is 0.0476. The van der Waals surface area contributed by atoms with Crippen LogP contribution in [-0.2, 0) is 4.65 Å². The Labute approximate surface area is 146 Å². The van der Waals surface area contributed by atoms with Gasteiger partial charge in [0.05, 0.1) is 6.10 Å². The van der Waals surface area contributed by atoms with Gasteiger partial charge < -0.3 is 9.68 Å². The van der Waals surface area contributed by atoms with E-state index in [1.165, 1.54) is 12.1 Å². The van der Waals surface area contributed by atoms with E-state index >= 15 is 0 Å². The van der Waals surface area contributed by atoms with Gasteiger partial charge in [-0.15, -0.1) is 0 Å². The first-order valence-corrected chi connectivity index (χ1v) is 8.18. The minimum atomic E-state index is -1.03. The summed E-state index contributed by atoms with van der Waals surface area (Å²) in [7, 11) is -1.03. The predicted octanol–water partition coefficient (Wildman–Crippen LogP) is 4.53. The van der Waals surface area contributed by atoms with Crippen LogP contribution in [0.5, 0.6) is 0 Å². The Hall–Kier alpha value is -2.69. The molecule has 0 saturated heterocycles. The van der Waals surface area contributed by atoms with Crippen LogP contribution >= 0.6 is 0 Å². The fourth-order valence-corrected chi connectivity index (χ4v) is 3.26. The van der Waals surface area contributed by atoms with Crippen molar-refractivity contribution in [3.05, 3.63) is 107 Å². The van der Waals surface area contributed by atoms with Crippen molar-refractivity contribution < 1.29 is 14.1 Å². The molecule has 2 nitrogen and oxygen atoms in total. The van der Waals surface area contributed by atoms with Crippen LogP contribution in [0.25, 0.3) is 11.0 Å². The smallest absolute Gasteiger partial charge is 0.423 e. The van der Waals surface area contributed by atoms with Crippen molar-refractivity contribution >= 4 is 18.2 Å². The van der Waals surface area contributed by atoms with Crippen LogP contribution in [0, 0.1) is 5.82 Å².